The molecule has 0 aliphatic carbocycles. The fourth-order valence-corrected chi connectivity index (χ4v) is 1.36. The number of rotatable bonds is 7. The third kappa shape index (κ3) is 6.14. The summed E-state index contributed by atoms with van der Waals surface area (Å²) < 4.78 is 0. The van der Waals surface area contributed by atoms with Gasteiger partial charge in [0.2, 0.25) is 11.8 Å². The standard InChI is InChI=1S/C12H13N3O6/c16-10(5-6-12(18)19)13-7-11(17)14-8-1-3-9(4-2-8)15(20)21/h1-4H,5-7H2,(H,13,16)(H,14,17)(H,18,19). The van der Waals surface area contributed by atoms with Crippen LogP contribution in [0.2, 0.25) is 0 Å². The Morgan fingerprint density at radius 2 is 1.71 bits per heavy atom. The normalized spacial score (nSPS) is 9.71. The SMILES string of the molecule is O=C(O)CCC(=O)NCC(=O)Nc1ccc([N+](=O)[O-])cc1. The van der Waals surface area contributed by atoms with Gasteiger partial charge in [-0.15, -0.1) is 0 Å². The molecule has 0 aliphatic heterocycles. The summed E-state index contributed by atoms with van der Waals surface area (Å²) in [4.78, 5) is 42.8. The first-order chi connectivity index (χ1) is 9.88. The highest BCUT2D eigenvalue weighted by Crippen LogP contribution is 2.15. The Morgan fingerprint density at radius 3 is 2.24 bits per heavy atom. The molecule has 1 aromatic rings. The molecular weight excluding hydrogens is 282 g/mol. The average molecular weight is 295 g/mol. The molecule has 9 nitrogen and oxygen atoms in total. The molecule has 0 spiro atoms. The summed E-state index contributed by atoms with van der Waals surface area (Å²) in [5, 5.41) is 23.5. The third-order valence-corrected chi connectivity index (χ3v) is 2.37. The summed E-state index contributed by atoms with van der Waals surface area (Å²) in [5.74, 6) is -2.16. The Kier molecular flexibility index (Phi) is 5.80. The summed E-state index contributed by atoms with van der Waals surface area (Å²) in [6.45, 7) is -0.310. The molecule has 0 radical (unpaired) electrons. The largest absolute Gasteiger partial charge is 0.481 e. The van der Waals surface area contributed by atoms with E-state index in [9.17, 15) is 24.5 Å². The van der Waals surface area contributed by atoms with Gasteiger partial charge in [-0.2, -0.15) is 0 Å². The topological polar surface area (TPSA) is 139 Å². The van der Waals surface area contributed by atoms with Crippen LogP contribution in [-0.4, -0.2) is 34.4 Å². The monoisotopic (exact) mass is 295 g/mol. The lowest BCUT2D eigenvalue weighted by molar-refractivity contribution is -0.384. The molecule has 1 aromatic carbocycles. The highest BCUT2D eigenvalue weighted by molar-refractivity contribution is 5.94. The van der Waals surface area contributed by atoms with Crippen molar-refractivity contribution in [2.45, 2.75) is 12.8 Å². The van der Waals surface area contributed by atoms with E-state index in [0.29, 0.717) is 5.69 Å². The Balaban J connectivity index is 2.38. The number of nitrogens with one attached hydrogen (secondary N) is 2. The lowest BCUT2D eigenvalue weighted by Crippen LogP contribution is -2.32. The van der Waals surface area contributed by atoms with Crippen LogP contribution in [-0.2, 0) is 14.4 Å². The molecule has 0 heterocycles. The number of carbonyl (C=O) groups excluding carboxylic acids is 2. The third-order valence-electron chi connectivity index (χ3n) is 2.37. The number of hydrogen-bond donors (Lipinski definition) is 3. The highest BCUT2D eigenvalue weighted by Gasteiger charge is 2.09. The van der Waals surface area contributed by atoms with E-state index in [0.717, 1.165) is 0 Å². The number of nitro groups is 1. The molecule has 0 aromatic heterocycles. The molecule has 0 unspecified atom stereocenters. The van der Waals surface area contributed by atoms with Gasteiger partial charge in [0.15, 0.2) is 0 Å². The second kappa shape index (κ2) is 7.58. The summed E-state index contributed by atoms with van der Waals surface area (Å²) in [6, 6.07) is 5.20. The number of hydrogen-bond acceptors (Lipinski definition) is 5. The zero-order valence-corrected chi connectivity index (χ0v) is 10.9. The summed E-state index contributed by atoms with van der Waals surface area (Å²) in [7, 11) is 0. The molecule has 0 saturated heterocycles. The molecule has 0 atom stereocenters. The quantitative estimate of drug-likeness (QED) is 0.495. The summed E-state index contributed by atoms with van der Waals surface area (Å²) in [5.41, 5.74) is 0.250. The number of carboxylic acids is 1. The van der Waals surface area contributed by atoms with Crippen molar-refractivity contribution in [2.24, 2.45) is 0 Å². The van der Waals surface area contributed by atoms with E-state index in [2.05, 4.69) is 10.6 Å². The number of aliphatic carboxylic acids is 1. The van der Waals surface area contributed by atoms with Gasteiger partial charge in [0.05, 0.1) is 17.9 Å². The summed E-state index contributed by atoms with van der Waals surface area (Å²) >= 11 is 0. The number of nitrogens with zero attached hydrogens (tertiary/aromatic N) is 1. The van der Waals surface area contributed by atoms with Gasteiger partial charge in [-0.25, -0.2) is 0 Å². The number of nitro benzene ring substituents is 1. The van der Waals surface area contributed by atoms with Crippen molar-refractivity contribution in [3.05, 3.63) is 34.4 Å². The van der Waals surface area contributed by atoms with Crippen LogP contribution < -0.4 is 10.6 Å². The molecule has 0 saturated carbocycles. The van der Waals surface area contributed by atoms with Crippen molar-refractivity contribution in [3.8, 4) is 0 Å². The van der Waals surface area contributed by atoms with Gasteiger partial charge in [-0.05, 0) is 12.1 Å². The van der Waals surface area contributed by atoms with Crippen molar-refractivity contribution in [2.75, 3.05) is 11.9 Å². The van der Waals surface area contributed by atoms with Gasteiger partial charge in [0.25, 0.3) is 5.69 Å². The van der Waals surface area contributed by atoms with Crippen LogP contribution in [0.5, 0.6) is 0 Å². The minimum atomic E-state index is -1.10. The van der Waals surface area contributed by atoms with Crippen molar-refractivity contribution in [1.29, 1.82) is 0 Å². The molecule has 21 heavy (non-hydrogen) atoms. The Hall–Kier alpha value is -2.97. The second-order valence-corrected chi connectivity index (χ2v) is 4.02. The number of amides is 2. The smallest absolute Gasteiger partial charge is 0.303 e. The Labute approximate surface area is 119 Å². The molecule has 0 fully saturated rings. The van der Waals surface area contributed by atoms with Crippen LogP contribution in [0.1, 0.15) is 12.8 Å². The van der Waals surface area contributed by atoms with Gasteiger partial charge in [-0.1, -0.05) is 0 Å². The van der Waals surface area contributed by atoms with Gasteiger partial charge in [-0.3, -0.25) is 24.5 Å². The molecule has 3 N–H and O–H groups in total. The predicted molar refractivity (Wildman–Crippen MR) is 71.6 cm³/mol. The number of anilines is 1. The van der Waals surface area contributed by atoms with Crippen LogP contribution in [0.15, 0.2) is 24.3 Å². The second-order valence-electron chi connectivity index (χ2n) is 4.02. The number of non-ortho nitro benzene ring substituents is 1. The zero-order chi connectivity index (χ0) is 15.8. The molecule has 112 valence electrons. The van der Waals surface area contributed by atoms with E-state index in [1.165, 1.54) is 24.3 Å². The first kappa shape index (κ1) is 16.1. The van der Waals surface area contributed by atoms with Crippen LogP contribution in [0, 0.1) is 10.1 Å². The first-order valence-corrected chi connectivity index (χ1v) is 5.91. The van der Waals surface area contributed by atoms with Crippen LogP contribution >= 0.6 is 0 Å². The van der Waals surface area contributed by atoms with Crippen molar-refractivity contribution in [3.63, 3.8) is 0 Å². The lowest BCUT2D eigenvalue weighted by Gasteiger charge is -2.06. The molecule has 2 amide bonds. The maximum Gasteiger partial charge on any atom is 0.303 e. The van der Waals surface area contributed by atoms with Gasteiger partial charge < -0.3 is 15.7 Å². The lowest BCUT2D eigenvalue weighted by atomic mass is 10.3. The van der Waals surface area contributed by atoms with Crippen LogP contribution in [0.25, 0.3) is 0 Å². The molecular formula is C12H13N3O6. The van der Waals surface area contributed by atoms with Crippen LogP contribution in [0.4, 0.5) is 11.4 Å². The van der Waals surface area contributed by atoms with E-state index >= 15 is 0 Å². The molecule has 1 rings (SSSR count). The van der Waals surface area contributed by atoms with E-state index in [4.69, 9.17) is 5.11 Å². The van der Waals surface area contributed by atoms with E-state index in [1.807, 2.05) is 0 Å². The summed E-state index contributed by atoms with van der Waals surface area (Å²) in [6.07, 6.45) is -0.518. The predicted octanol–water partition coefficient (Wildman–Crippen LogP) is 0.514. The van der Waals surface area contributed by atoms with Crippen LogP contribution in [0.3, 0.4) is 0 Å². The Morgan fingerprint density at radius 1 is 1.10 bits per heavy atom. The molecule has 0 bridgehead atoms. The van der Waals surface area contributed by atoms with E-state index in [1.54, 1.807) is 0 Å². The molecule has 0 aliphatic rings. The maximum atomic E-state index is 11.5. The highest BCUT2D eigenvalue weighted by atomic mass is 16.6. The van der Waals surface area contributed by atoms with Gasteiger partial charge >= 0.3 is 5.97 Å². The minimum absolute atomic E-state index is 0.102. The van der Waals surface area contributed by atoms with E-state index < -0.39 is 22.7 Å². The number of carbonyl (C=O) groups is 3. The Bertz CT molecular complexity index is 555. The van der Waals surface area contributed by atoms with Crippen molar-refractivity contribution >= 4 is 29.2 Å². The van der Waals surface area contributed by atoms with Crippen molar-refractivity contribution < 1.29 is 24.4 Å². The van der Waals surface area contributed by atoms with Gasteiger partial charge in [0.1, 0.15) is 0 Å². The minimum Gasteiger partial charge on any atom is -0.481 e. The maximum absolute atomic E-state index is 11.5. The fraction of sp³-hybridized carbons (Fsp3) is 0.250. The number of benzene rings is 1. The zero-order valence-electron chi connectivity index (χ0n) is 10.9. The van der Waals surface area contributed by atoms with Crippen molar-refractivity contribution in [1.82, 2.24) is 5.32 Å². The number of carboxylic acid groups (broad SMARTS) is 1. The van der Waals surface area contributed by atoms with E-state index in [-0.39, 0.29) is 25.1 Å². The van der Waals surface area contributed by atoms with Gasteiger partial charge in [0, 0.05) is 24.2 Å². The fourth-order valence-electron chi connectivity index (χ4n) is 1.36. The molecule has 9 heteroatoms. The first-order valence-electron chi connectivity index (χ1n) is 5.91. The average Bonchev–Trinajstić information content (AvgIpc) is 2.43.